The van der Waals surface area contributed by atoms with Gasteiger partial charge in [0.15, 0.2) is 0 Å². The van der Waals surface area contributed by atoms with Gasteiger partial charge in [-0.25, -0.2) is 0 Å². The first-order valence-corrected chi connectivity index (χ1v) is 1.84. The summed E-state index contributed by atoms with van der Waals surface area (Å²) in [6.07, 6.45) is 0. The molecule has 0 amide bonds. The molecule has 0 fully saturated rings. The molecule has 0 unspecified atom stereocenters. The van der Waals surface area contributed by atoms with Crippen LogP contribution in [0.4, 0.5) is 0 Å². The van der Waals surface area contributed by atoms with Gasteiger partial charge in [0.25, 0.3) is 0 Å². The topological polar surface area (TPSA) is 57.5 Å². The van der Waals surface area contributed by atoms with E-state index >= 15 is 0 Å². The summed E-state index contributed by atoms with van der Waals surface area (Å²) in [7, 11) is -0.642. The summed E-state index contributed by atoms with van der Waals surface area (Å²) in [6, 6.07) is -1.70. The Kier molecular flexibility index (Phi) is 2.28. The molecule has 4 heteroatoms. The highest BCUT2D eigenvalue weighted by atomic mass is 31.1. The predicted molar refractivity (Wildman–Crippen MR) is 15.8 cm³/mol. The van der Waals surface area contributed by atoms with Crippen molar-refractivity contribution in [3.8, 4) is 0 Å². The summed E-state index contributed by atoms with van der Waals surface area (Å²) in [5.41, 5.74) is 0. The van der Waals surface area contributed by atoms with Crippen molar-refractivity contribution in [2.24, 2.45) is 0 Å². The molecular formula is CH3O3P. The lowest BCUT2D eigenvalue weighted by molar-refractivity contribution is 0.0351. The van der Waals surface area contributed by atoms with Crippen molar-refractivity contribution < 1.29 is 14.8 Å². The molecule has 0 aliphatic rings. The number of hydrogen-bond donors (Lipinski definition) is 2. The van der Waals surface area contributed by atoms with Crippen molar-refractivity contribution in [1.82, 2.24) is 0 Å². The Bertz CT molecular complexity index is 33.9. The Balaban J connectivity index is 2.83. The van der Waals surface area contributed by atoms with E-state index < -0.39 is 14.5 Å². The van der Waals surface area contributed by atoms with Gasteiger partial charge in [-0.05, 0) is 0 Å². The SMILES string of the molecule is O=PC(O)O. The largest absolute Gasteiger partial charge is 0.359 e. The standard InChI is InChI=1S/CH3O3P/c2-1(3)5-4/h1-3H. The molecule has 0 heterocycles. The highest BCUT2D eigenvalue weighted by Crippen LogP contribution is 1.92. The van der Waals surface area contributed by atoms with E-state index in [9.17, 15) is 0 Å². The Morgan fingerprint density at radius 1 is 1.60 bits per heavy atom. The lowest BCUT2D eigenvalue weighted by atomic mass is 11.5. The van der Waals surface area contributed by atoms with Crippen molar-refractivity contribution in [3.63, 3.8) is 0 Å². The van der Waals surface area contributed by atoms with Crippen LogP contribution in [-0.4, -0.2) is 16.2 Å². The molecule has 2 N–H and O–H groups in total. The molecule has 0 aromatic carbocycles. The van der Waals surface area contributed by atoms with Crippen molar-refractivity contribution in [2.75, 3.05) is 0 Å². The van der Waals surface area contributed by atoms with Gasteiger partial charge in [0.1, 0.15) is 0 Å². The van der Waals surface area contributed by atoms with Crippen LogP contribution >= 0.6 is 8.46 Å². The second kappa shape index (κ2) is 2.27. The van der Waals surface area contributed by atoms with Crippen LogP contribution < -0.4 is 0 Å². The highest BCUT2D eigenvalue weighted by molar-refractivity contribution is 7.24. The quantitative estimate of drug-likeness (QED) is 0.341. The van der Waals surface area contributed by atoms with Crippen LogP contribution in [0, 0.1) is 0 Å². The maximum Gasteiger partial charge on any atom is 0.235 e. The third kappa shape index (κ3) is 4.02. The number of hydrogen-bond acceptors (Lipinski definition) is 3. The zero-order chi connectivity index (χ0) is 4.28. The fourth-order valence-corrected chi connectivity index (χ4v) is 0. The van der Waals surface area contributed by atoms with E-state index in [0.717, 1.165) is 0 Å². The molecule has 0 spiro atoms. The van der Waals surface area contributed by atoms with Gasteiger partial charge < -0.3 is 10.2 Å². The monoisotopic (exact) mass is 94.0 g/mol. The molecule has 0 saturated heterocycles. The molecule has 0 saturated carbocycles. The van der Waals surface area contributed by atoms with Crippen molar-refractivity contribution in [3.05, 3.63) is 0 Å². The normalized spacial score (nSPS) is 10.2. The van der Waals surface area contributed by atoms with Crippen molar-refractivity contribution in [2.45, 2.75) is 6.03 Å². The van der Waals surface area contributed by atoms with E-state index in [4.69, 9.17) is 14.8 Å². The van der Waals surface area contributed by atoms with E-state index in [1.807, 2.05) is 0 Å². The first kappa shape index (κ1) is 5.02. The van der Waals surface area contributed by atoms with Crippen molar-refractivity contribution in [1.29, 1.82) is 0 Å². The Hall–Kier alpha value is 0.0200. The maximum absolute atomic E-state index is 9.10. The number of rotatable bonds is 1. The molecule has 0 aliphatic carbocycles. The minimum atomic E-state index is -1.70. The maximum atomic E-state index is 9.10. The summed E-state index contributed by atoms with van der Waals surface area (Å²) < 4.78 is 9.10. The Morgan fingerprint density at radius 2 is 1.80 bits per heavy atom. The first-order chi connectivity index (χ1) is 2.27. The highest BCUT2D eigenvalue weighted by Gasteiger charge is 1.85. The van der Waals surface area contributed by atoms with E-state index in [1.54, 1.807) is 0 Å². The summed E-state index contributed by atoms with van der Waals surface area (Å²) in [5.74, 6) is 0. The van der Waals surface area contributed by atoms with Crippen LogP contribution in [0.15, 0.2) is 0 Å². The second-order valence-corrected chi connectivity index (χ2v) is 1.12. The Labute approximate surface area is 30.4 Å². The lowest BCUT2D eigenvalue weighted by Crippen LogP contribution is -1.87. The third-order valence-corrected chi connectivity index (χ3v) is 0.283. The summed E-state index contributed by atoms with van der Waals surface area (Å²) in [6.45, 7) is 0. The third-order valence-electron chi connectivity index (χ3n) is 0.0943. The van der Waals surface area contributed by atoms with Gasteiger partial charge in [-0.1, -0.05) is 0 Å². The summed E-state index contributed by atoms with van der Waals surface area (Å²) in [5, 5.41) is 15.2. The van der Waals surface area contributed by atoms with Gasteiger partial charge in [-0.15, -0.1) is 0 Å². The molecule has 0 aromatic rings. The van der Waals surface area contributed by atoms with Gasteiger partial charge >= 0.3 is 0 Å². The molecule has 0 atom stereocenters. The van der Waals surface area contributed by atoms with Crippen LogP contribution in [0.2, 0.25) is 0 Å². The average Bonchev–Trinajstić information content (AvgIpc) is 1.38. The summed E-state index contributed by atoms with van der Waals surface area (Å²) >= 11 is 0. The predicted octanol–water partition coefficient (Wildman–Crippen LogP) is -0.454. The fraction of sp³-hybridized carbons (Fsp3) is 1.00. The van der Waals surface area contributed by atoms with Crippen LogP contribution in [0.3, 0.4) is 0 Å². The molecule has 30 valence electrons. The smallest absolute Gasteiger partial charge is 0.235 e. The molecule has 0 bridgehead atoms. The van der Waals surface area contributed by atoms with Crippen molar-refractivity contribution >= 4 is 8.46 Å². The zero-order valence-electron chi connectivity index (χ0n) is 2.33. The van der Waals surface area contributed by atoms with Gasteiger partial charge in [0, 0.05) is 0 Å². The van der Waals surface area contributed by atoms with Crippen LogP contribution in [0.1, 0.15) is 0 Å². The molecule has 0 aliphatic heterocycles. The van der Waals surface area contributed by atoms with Crippen LogP contribution in [-0.2, 0) is 4.57 Å². The minimum Gasteiger partial charge on any atom is -0.359 e. The molecule has 3 nitrogen and oxygen atoms in total. The zero-order valence-corrected chi connectivity index (χ0v) is 3.22. The molecule has 0 aromatic heterocycles. The number of aliphatic hydroxyl groups excluding tert-OH is 1. The Morgan fingerprint density at radius 3 is 1.80 bits per heavy atom. The number of aliphatic hydroxyl groups is 2. The first-order valence-electron chi connectivity index (χ1n) is 0.957. The minimum absolute atomic E-state index is 0.642. The van der Waals surface area contributed by atoms with E-state index in [0.29, 0.717) is 0 Å². The molecule has 0 rings (SSSR count). The molecular weight excluding hydrogens is 91.0 g/mol. The average molecular weight is 94.0 g/mol. The van der Waals surface area contributed by atoms with E-state index in [-0.39, 0.29) is 0 Å². The van der Waals surface area contributed by atoms with E-state index in [1.165, 1.54) is 0 Å². The van der Waals surface area contributed by atoms with Gasteiger partial charge in [0.2, 0.25) is 14.5 Å². The van der Waals surface area contributed by atoms with Gasteiger partial charge in [-0.2, -0.15) is 0 Å². The fourth-order valence-electron chi connectivity index (χ4n) is 0. The van der Waals surface area contributed by atoms with Crippen LogP contribution in [0.5, 0.6) is 0 Å². The lowest BCUT2D eigenvalue weighted by Gasteiger charge is -1.78. The second-order valence-electron chi connectivity index (χ2n) is 0.452. The molecule has 0 radical (unpaired) electrons. The van der Waals surface area contributed by atoms with Gasteiger partial charge in [-0.3, -0.25) is 4.57 Å². The summed E-state index contributed by atoms with van der Waals surface area (Å²) in [4.78, 5) is 0. The van der Waals surface area contributed by atoms with Gasteiger partial charge in [0.05, 0.1) is 0 Å². The van der Waals surface area contributed by atoms with Crippen LogP contribution in [0.25, 0.3) is 0 Å². The molecule has 5 heavy (non-hydrogen) atoms. The van der Waals surface area contributed by atoms with E-state index in [2.05, 4.69) is 0 Å².